The lowest BCUT2D eigenvalue weighted by Gasteiger charge is -2.37. The minimum Gasteiger partial charge on any atom is -0.497 e. The third kappa shape index (κ3) is 4.10. The number of aromatic nitrogens is 4. The van der Waals surface area contributed by atoms with Crippen molar-refractivity contribution >= 4 is 0 Å². The van der Waals surface area contributed by atoms with E-state index in [0.717, 1.165) is 54.8 Å². The first-order valence-corrected chi connectivity index (χ1v) is 9.62. The lowest BCUT2D eigenvalue weighted by atomic mass is 10.0. The number of piperazine rings is 1. The SMILES string of the molecule is COc1ccc(C(c2nnnn2Cc2ccco2)N2CCN(C)CC2)c(OC)c1. The number of benzene rings is 1. The van der Waals surface area contributed by atoms with E-state index in [9.17, 15) is 0 Å². The second-order valence-corrected chi connectivity index (χ2v) is 7.12. The second-order valence-electron chi connectivity index (χ2n) is 7.12. The summed E-state index contributed by atoms with van der Waals surface area (Å²) < 4.78 is 18.4. The van der Waals surface area contributed by atoms with Crippen molar-refractivity contribution in [2.75, 3.05) is 47.4 Å². The van der Waals surface area contributed by atoms with Crippen LogP contribution >= 0.6 is 0 Å². The molecule has 9 heteroatoms. The molecule has 29 heavy (non-hydrogen) atoms. The largest absolute Gasteiger partial charge is 0.497 e. The van der Waals surface area contributed by atoms with E-state index in [1.54, 1.807) is 25.2 Å². The van der Waals surface area contributed by atoms with Gasteiger partial charge in [-0.2, -0.15) is 0 Å². The summed E-state index contributed by atoms with van der Waals surface area (Å²) in [5.74, 6) is 3.06. The summed E-state index contributed by atoms with van der Waals surface area (Å²) in [6.45, 7) is 4.25. The van der Waals surface area contributed by atoms with Gasteiger partial charge in [0.15, 0.2) is 5.82 Å². The summed E-state index contributed by atoms with van der Waals surface area (Å²) in [5.41, 5.74) is 1.01. The molecule has 2 aromatic heterocycles. The third-order valence-electron chi connectivity index (χ3n) is 5.33. The van der Waals surface area contributed by atoms with Crippen LogP contribution in [0.3, 0.4) is 0 Å². The fourth-order valence-electron chi connectivity index (χ4n) is 3.69. The molecule has 1 atom stereocenters. The standard InChI is InChI=1S/C20H26N6O3/c1-24-8-10-25(11-9-24)19(17-7-6-15(27-2)13-18(17)28-3)20-21-22-23-26(20)14-16-5-4-12-29-16/h4-7,12-13,19H,8-11,14H2,1-3H3. The fourth-order valence-corrected chi connectivity index (χ4v) is 3.69. The quantitative estimate of drug-likeness (QED) is 0.595. The number of hydrogen-bond donors (Lipinski definition) is 0. The first-order chi connectivity index (χ1) is 14.2. The van der Waals surface area contributed by atoms with Gasteiger partial charge in [-0.15, -0.1) is 5.10 Å². The Hall–Kier alpha value is -2.91. The topological polar surface area (TPSA) is 81.7 Å². The normalized spacial score (nSPS) is 16.7. The Kier molecular flexibility index (Phi) is 5.77. The first-order valence-electron chi connectivity index (χ1n) is 9.62. The highest BCUT2D eigenvalue weighted by atomic mass is 16.5. The Balaban J connectivity index is 1.75. The zero-order chi connectivity index (χ0) is 20.2. The number of hydrogen-bond acceptors (Lipinski definition) is 8. The fraction of sp³-hybridized carbons (Fsp3) is 0.450. The van der Waals surface area contributed by atoms with Gasteiger partial charge in [-0.3, -0.25) is 4.90 Å². The van der Waals surface area contributed by atoms with Gasteiger partial charge in [0.2, 0.25) is 0 Å². The molecule has 0 saturated carbocycles. The molecule has 3 heterocycles. The maximum absolute atomic E-state index is 5.71. The monoisotopic (exact) mass is 398 g/mol. The number of nitrogens with zero attached hydrogens (tertiary/aromatic N) is 6. The Bertz CT molecular complexity index is 918. The lowest BCUT2D eigenvalue weighted by molar-refractivity contribution is 0.120. The molecule has 0 N–H and O–H groups in total. The van der Waals surface area contributed by atoms with Gasteiger partial charge in [-0.1, -0.05) is 0 Å². The average Bonchev–Trinajstić information content (AvgIpc) is 3.43. The van der Waals surface area contributed by atoms with Gasteiger partial charge in [0.1, 0.15) is 29.8 Å². The van der Waals surface area contributed by atoms with Crippen molar-refractivity contribution in [3.8, 4) is 11.5 Å². The Labute approximate surface area is 169 Å². The molecule has 1 aromatic carbocycles. The van der Waals surface area contributed by atoms with Crippen molar-refractivity contribution in [1.82, 2.24) is 30.0 Å². The average molecular weight is 398 g/mol. The summed E-state index contributed by atoms with van der Waals surface area (Å²) in [4.78, 5) is 4.72. The van der Waals surface area contributed by atoms with Crippen molar-refractivity contribution in [2.45, 2.75) is 12.6 Å². The van der Waals surface area contributed by atoms with E-state index in [1.807, 2.05) is 30.3 Å². The van der Waals surface area contributed by atoms with Gasteiger partial charge < -0.3 is 18.8 Å². The van der Waals surface area contributed by atoms with Crippen LogP contribution in [0.25, 0.3) is 0 Å². The number of tetrazole rings is 1. The molecule has 1 unspecified atom stereocenters. The molecule has 0 bridgehead atoms. The highest BCUT2D eigenvalue weighted by Gasteiger charge is 2.32. The minimum absolute atomic E-state index is 0.144. The highest BCUT2D eigenvalue weighted by molar-refractivity contribution is 5.44. The van der Waals surface area contributed by atoms with Crippen molar-refractivity contribution in [3.05, 3.63) is 53.7 Å². The van der Waals surface area contributed by atoms with E-state index in [0.29, 0.717) is 6.54 Å². The van der Waals surface area contributed by atoms with E-state index in [1.165, 1.54) is 0 Å². The number of furan rings is 1. The van der Waals surface area contributed by atoms with Gasteiger partial charge in [-0.05, 0) is 41.7 Å². The molecule has 0 spiro atoms. The molecule has 0 amide bonds. The smallest absolute Gasteiger partial charge is 0.173 e. The molecule has 154 valence electrons. The van der Waals surface area contributed by atoms with Crippen molar-refractivity contribution in [2.24, 2.45) is 0 Å². The summed E-state index contributed by atoms with van der Waals surface area (Å²) in [6, 6.07) is 9.52. The molecule has 1 aliphatic heterocycles. The van der Waals surface area contributed by atoms with Crippen LogP contribution in [0, 0.1) is 0 Å². The van der Waals surface area contributed by atoms with Crippen LogP contribution in [-0.4, -0.2) is 77.5 Å². The van der Waals surface area contributed by atoms with E-state index in [-0.39, 0.29) is 6.04 Å². The summed E-state index contributed by atoms with van der Waals surface area (Å²) in [7, 11) is 5.46. The minimum atomic E-state index is -0.144. The molecule has 4 rings (SSSR count). The third-order valence-corrected chi connectivity index (χ3v) is 5.33. The first kappa shape index (κ1) is 19.4. The van der Waals surface area contributed by atoms with E-state index in [2.05, 4.69) is 32.4 Å². The van der Waals surface area contributed by atoms with Gasteiger partial charge in [0, 0.05) is 37.8 Å². The predicted octanol–water partition coefficient (Wildman–Crippen LogP) is 1.67. The Morgan fingerprint density at radius 1 is 1.10 bits per heavy atom. The lowest BCUT2D eigenvalue weighted by Crippen LogP contribution is -2.46. The van der Waals surface area contributed by atoms with Crippen LogP contribution in [0.15, 0.2) is 41.0 Å². The van der Waals surface area contributed by atoms with Crippen LogP contribution in [0.4, 0.5) is 0 Å². The molecular formula is C20H26N6O3. The highest BCUT2D eigenvalue weighted by Crippen LogP contribution is 2.36. The van der Waals surface area contributed by atoms with Crippen LogP contribution in [0.1, 0.15) is 23.2 Å². The van der Waals surface area contributed by atoms with E-state index < -0.39 is 0 Å². The zero-order valence-electron chi connectivity index (χ0n) is 17.0. The molecule has 0 aliphatic carbocycles. The summed E-state index contributed by atoms with van der Waals surface area (Å²) in [5, 5.41) is 12.6. The number of ether oxygens (including phenoxy) is 2. The number of rotatable bonds is 7. The van der Waals surface area contributed by atoms with Gasteiger partial charge >= 0.3 is 0 Å². The van der Waals surface area contributed by atoms with Gasteiger partial charge in [0.05, 0.1) is 20.5 Å². The van der Waals surface area contributed by atoms with E-state index >= 15 is 0 Å². The van der Waals surface area contributed by atoms with Crippen LogP contribution in [0.2, 0.25) is 0 Å². The van der Waals surface area contributed by atoms with Crippen LogP contribution in [0.5, 0.6) is 11.5 Å². The van der Waals surface area contributed by atoms with Crippen molar-refractivity contribution in [3.63, 3.8) is 0 Å². The van der Waals surface area contributed by atoms with Crippen LogP contribution < -0.4 is 9.47 Å². The molecule has 1 saturated heterocycles. The number of methoxy groups -OCH3 is 2. The predicted molar refractivity (Wildman–Crippen MR) is 106 cm³/mol. The van der Waals surface area contributed by atoms with E-state index in [4.69, 9.17) is 13.9 Å². The number of likely N-dealkylation sites (N-methyl/N-ethyl adjacent to an activating group) is 1. The summed E-state index contributed by atoms with van der Waals surface area (Å²) >= 11 is 0. The van der Waals surface area contributed by atoms with Crippen LogP contribution in [-0.2, 0) is 6.54 Å². The Morgan fingerprint density at radius 2 is 1.93 bits per heavy atom. The molecule has 1 aliphatic rings. The Morgan fingerprint density at radius 3 is 2.62 bits per heavy atom. The molecule has 1 fully saturated rings. The molecular weight excluding hydrogens is 372 g/mol. The second kappa shape index (κ2) is 8.62. The molecule has 9 nitrogen and oxygen atoms in total. The van der Waals surface area contributed by atoms with Crippen molar-refractivity contribution in [1.29, 1.82) is 0 Å². The molecule has 3 aromatic rings. The molecule has 0 radical (unpaired) electrons. The maximum atomic E-state index is 5.71. The van der Waals surface area contributed by atoms with Crippen molar-refractivity contribution < 1.29 is 13.9 Å². The van der Waals surface area contributed by atoms with Gasteiger partial charge in [-0.25, -0.2) is 4.68 Å². The van der Waals surface area contributed by atoms with Gasteiger partial charge in [0.25, 0.3) is 0 Å². The maximum Gasteiger partial charge on any atom is 0.173 e. The summed E-state index contributed by atoms with van der Waals surface area (Å²) in [6.07, 6.45) is 1.66. The zero-order valence-corrected chi connectivity index (χ0v) is 17.0.